The van der Waals surface area contributed by atoms with Gasteiger partial charge in [-0.25, -0.2) is 52.2 Å². The SMILES string of the molecule is [C-]#[N+]c1ccc(N2CCOc3c(OC4C5CNCC4COC5)ncnc32)c(F)c1.[C-]#[N+]c1ccc(N2CCOc3c(OC4C5COCC4CN(C(=O)OC(C)(C)C)C5)ncnc32)c(F)c1.[C-]#[N+]c1ccc(N2CCOc3c(OC4C5COCC4CN(C(=O)OC4(C)CC4)C5)ncnc32)c(F)c1. The van der Waals surface area contributed by atoms with Crippen molar-refractivity contribution in [3.8, 4) is 34.9 Å². The van der Waals surface area contributed by atoms with Gasteiger partial charge in [-0.05, 0) is 76.9 Å². The van der Waals surface area contributed by atoms with Gasteiger partial charge in [-0.2, -0.15) is 15.0 Å². The van der Waals surface area contributed by atoms with E-state index in [1.54, 1.807) is 60.9 Å². The van der Waals surface area contributed by atoms with E-state index in [0.29, 0.717) is 156 Å². The number of ether oxygens (including phenoxy) is 11. The first-order valence-corrected chi connectivity index (χ1v) is 33.6. The van der Waals surface area contributed by atoms with Crippen molar-refractivity contribution in [1.29, 1.82) is 0 Å². The van der Waals surface area contributed by atoms with Gasteiger partial charge in [0.2, 0.25) is 17.2 Å². The molecule has 101 heavy (non-hydrogen) atoms. The molecule has 31 heteroatoms. The molecule has 3 aromatic heterocycles. The number of likely N-dealkylation sites (tertiary alicyclic amines) is 2. The van der Waals surface area contributed by atoms with Gasteiger partial charge in [-0.3, -0.25) is 0 Å². The van der Waals surface area contributed by atoms with Gasteiger partial charge in [-0.1, -0.05) is 18.2 Å². The van der Waals surface area contributed by atoms with Gasteiger partial charge in [0, 0.05) is 74.8 Å². The maximum atomic E-state index is 14.8. The monoisotopic (exact) mass is 1390 g/mol. The van der Waals surface area contributed by atoms with Crippen LogP contribution in [0, 0.1) is 72.7 Å². The van der Waals surface area contributed by atoms with Gasteiger partial charge in [-0.15, -0.1) is 0 Å². The molecule has 0 radical (unpaired) electrons. The Hall–Kier alpha value is -10.3. The van der Waals surface area contributed by atoms with Crippen LogP contribution in [0.5, 0.6) is 34.9 Å². The molecule has 3 aromatic carbocycles. The van der Waals surface area contributed by atoms with Crippen molar-refractivity contribution in [1.82, 2.24) is 45.0 Å². The molecule has 7 fully saturated rings. The maximum absolute atomic E-state index is 14.8. The molecule has 2 amide bonds. The van der Waals surface area contributed by atoms with Crippen LogP contribution in [0.1, 0.15) is 40.5 Å². The topological polar surface area (TPSA) is 254 Å². The second-order valence-corrected chi connectivity index (χ2v) is 27.4. The Morgan fingerprint density at radius 1 is 0.515 bits per heavy atom. The molecule has 1 N–H and O–H groups in total. The fraction of sp³-hybridized carbons (Fsp3) is 0.500. The van der Waals surface area contributed by atoms with Crippen LogP contribution in [0.4, 0.5) is 74.3 Å². The molecule has 6 bridgehead atoms. The number of anilines is 6. The van der Waals surface area contributed by atoms with E-state index >= 15 is 0 Å². The first kappa shape index (κ1) is 67.9. The smallest absolute Gasteiger partial charge is 0.410 e. The van der Waals surface area contributed by atoms with E-state index in [1.165, 1.54) is 37.2 Å². The minimum absolute atomic E-state index is 0.0161. The Balaban J connectivity index is 0.000000130. The predicted molar refractivity (Wildman–Crippen MR) is 355 cm³/mol. The molecule has 10 aliphatic rings. The molecule has 0 spiro atoms. The fourth-order valence-corrected chi connectivity index (χ4v) is 14.0. The summed E-state index contributed by atoms with van der Waals surface area (Å²) in [7, 11) is 0. The van der Waals surface area contributed by atoms with Crippen LogP contribution in [0.2, 0.25) is 0 Å². The molecule has 1 saturated carbocycles. The predicted octanol–water partition coefficient (Wildman–Crippen LogP) is 9.98. The lowest BCUT2D eigenvalue weighted by Crippen LogP contribution is -2.59. The highest BCUT2D eigenvalue weighted by atomic mass is 19.1. The van der Waals surface area contributed by atoms with E-state index in [-0.39, 0.29) is 107 Å². The lowest BCUT2D eigenvalue weighted by molar-refractivity contribution is -0.113. The van der Waals surface area contributed by atoms with Crippen molar-refractivity contribution < 1.29 is 74.9 Å². The average Bonchev–Trinajstić information content (AvgIpc) is 1.38. The number of hydrogen-bond donors (Lipinski definition) is 1. The van der Waals surface area contributed by atoms with Gasteiger partial charge >= 0.3 is 12.2 Å². The van der Waals surface area contributed by atoms with E-state index in [4.69, 9.17) is 71.8 Å². The highest BCUT2D eigenvalue weighted by Crippen LogP contribution is 2.48. The number of amides is 2. The molecule has 16 rings (SSSR count). The molecule has 28 nitrogen and oxygen atoms in total. The van der Waals surface area contributed by atoms with E-state index in [9.17, 15) is 22.8 Å². The Morgan fingerprint density at radius 3 is 1.18 bits per heavy atom. The summed E-state index contributed by atoms with van der Waals surface area (Å²) in [4.78, 5) is 69.8. The minimum atomic E-state index is -0.574. The number of hydrogen-bond acceptors (Lipinski definition) is 23. The Morgan fingerprint density at radius 2 is 0.851 bits per heavy atom. The van der Waals surface area contributed by atoms with Crippen molar-refractivity contribution in [2.45, 2.75) is 70.1 Å². The summed E-state index contributed by atoms with van der Waals surface area (Å²) >= 11 is 0. The molecule has 6 unspecified atom stereocenters. The van der Waals surface area contributed by atoms with Crippen molar-refractivity contribution in [3.05, 3.63) is 125 Å². The molecule has 9 aliphatic heterocycles. The summed E-state index contributed by atoms with van der Waals surface area (Å²) < 4.78 is 109. The number of benzene rings is 3. The van der Waals surface area contributed by atoms with Gasteiger partial charge < -0.3 is 81.9 Å². The summed E-state index contributed by atoms with van der Waals surface area (Å²) in [5, 5.41) is 3.41. The minimum Gasteiger partial charge on any atom is -0.483 e. The number of nitrogens with one attached hydrogen (secondary N) is 1. The number of halogens is 3. The second kappa shape index (κ2) is 28.8. The molecule has 6 atom stereocenters. The van der Waals surface area contributed by atoms with Gasteiger partial charge in [0.1, 0.15) is 85.8 Å². The third-order valence-corrected chi connectivity index (χ3v) is 19.1. The van der Waals surface area contributed by atoms with Crippen LogP contribution >= 0.6 is 0 Å². The average molecular weight is 1390 g/mol. The zero-order chi connectivity index (χ0) is 70.1. The number of rotatable bonds is 10. The highest BCUT2D eigenvalue weighted by molar-refractivity contribution is 5.74. The number of carbonyl (C=O) groups is 2. The Bertz CT molecular complexity index is 4000. The van der Waals surface area contributed by atoms with E-state index in [1.807, 2.05) is 27.7 Å². The number of carbonyl (C=O) groups excluding carboxylic acids is 2. The molecular weight excluding hydrogens is 1320 g/mol. The molecule has 528 valence electrons. The zero-order valence-corrected chi connectivity index (χ0v) is 56.0. The van der Waals surface area contributed by atoms with E-state index < -0.39 is 23.1 Å². The number of piperidine rings is 3. The van der Waals surface area contributed by atoms with Crippen molar-refractivity contribution in [3.63, 3.8) is 0 Å². The van der Waals surface area contributed by atoms with Crippen LogP contribution in [0.3, 0.4) is 0 Å². The number of fused-ring (bicyclic) bond motifs is 9. The van der Waals surface area contributed by atoms with Crippen molar-refractivity contribution >= 4 is 63.8 Å². The maximum Gasteiger partial charge on any atom is 0.410 e. The summed E-state index contributed by atoms with van der Waals surface area (Å²) in [6.45, 7) is 37.4. The zero-order valence-electron chi connectivity index (χ0n) is 56.0. The third-order valence-electron chi connectivity index (χ3n) is 19.1. The highest BCUT2D eigenvalue weighted by Gasteiger charge is 2.49. The molecule has 6 saturated heterocycles. The van der Waals surface area contributed by atoms with Gasteiger partial charge in [0.15, 0.2) is 34.5 Å². The number of aromatic nitrogens is 6. The largest absolute Gasteiger partial charge is 0.483 e. The number of nitrogens with zero attached hydrogens (tertiary/aromatic N) is 14. The van der Waals surface area contributed by atoms with E-state index in [2.05, 4.69) is 49.8 Å². The van der Waals surface area contributed by atoms with Crippen LogP contribution < -0.4 is 48.4 Å². The lowest BCUT2D eigenvalue weighted by atomic mass is 9.84. The van der Waals surface area contributed by atoms with Crippen molar-refractivity contribution in [2.24, 2.45) is 35.5 Å². The Kier molecular flexibility index (Phi) is 19.3. The second-order valence-electron chi connectivity index (χ2n) is 27.4. The Labute approximate surface area is 580 Å². The molecule has 1 aliphatic carbocycles. The first-order valence-electron chi connectivity index (χ1n) is 33.6. The normalized spacial score (nSPS) is 24.8. The van der Waals surface area contributed by atoms with E-state index in [0.717, 1.165) is 25.9 Å². The van der Waals surface area contributed by atoms with Crippen LogP contribution in [-0.4, -0.2) is 200 Å². The molecular formula is C70H74F3N15O13. The molecule has 6 aromatic rings. The fourth-order valence-electron chi connectivity index (χ4n) is 14.0. The summed E-state index contributed by atoms with van der Waals surface area (Å²) in [5.74, 6) is 2.03. The summed E-state index contributed by atoms with van der Waals surface area (Å²) in [6.07, 6.45) is 4.83. The third kappa shape index (κ3) is 14.6. The first-order chi connectivity index (χ1) is 48.9. The van der Waals surface area contributed by atoms with Gasteiger partial charge in [0.25, 0.3) is 17.6 Å². The summed E-state index contributed by atoms with van der Waals surface area (Å²) in [6, 6.07) is 13.1. The van der Waals surface area contributed by atoms with Crippen LogP contribution in [0.15, 0.2) is 73.6 Å². The van der Waals surface area contributed by atoms with Crippen molar-refractivity contribution in [2.75, 3.05) is 133 Å². The molecule has 12 heterocycles. The van der Waals surface area contributed by atoms with Crippen LogP contribution in [-0.2, 0) is 23.7 Å². The van der Waals surface area contributed by atoms with Crippen LogP contribution in [0.25, 0.3) is 14.5 Å². The standard InChI is InChI=1S/C25H26FN5O5.C25H28FN5O5.C20H20FN5O3/c1-25(5-6-25)36-24(32)30-10-15-12-33-13-16(11-30)20(15)35-23-21-22(28-14-29-23)31(7-8-34-21)19-4-3-17(27-2)9-18(19)26;1-25(2,3)36-24(32)30-10-15-12-33-13-16(11-30)20(15)35-23-21-22(28-14-29-23)31(7-8-34-21)19-6-5-17(27-4)9-18(19)26;1-22-14-2-3-16(15(21)6-14)26-4-5-28-18-19(26)24-11-25-20(18)29-17-12-7-23-8-13(17)10-27-9-12/h3-4,9,14-16,20H,5-8,10-13H2,1H3;5-6,9,14-16,20H,7-8,10-13H2,1-3H3;2-3,6,11-13,17,23H,4-5,7-10H2. The van der Waals surface area contributed by atoms with Gasteiger partial charge in [0.05, 0.1) is 96.1 Å². The lowest BCUT2D eigenvalue weighted by Gasteiger charge is -2.46. The summed E-state index contributed by atoms with van der Waals surface area (Å²) in [5.41, 5.74) is 0.759. The quantitative estimate of drug-likeness (QED) is 0.125.